The summed E-state index contributed by atoms with van der Waals surface area (Å²) in [5.74, 6) is -1.11. The van der Waals surface area contributed by atoms with E-state index in [0.717, 1.165) is 10.4 Å². The van der Waals surface area contributed by atoms with Gasteiger partial charge in [-0.2, -0.15) is 8.42 Å². The second-order valence-electron chi connectivity index (χ2n) is 7.98. The maximum Gasteiger partial charge on any atom is 0.333 e. The number of nitrogens with two attached hydrogens (primary N) is 1. The van der Waals surface area contributed by atoms with Crippen LogP contribution in [0.15, 0.2) is 49.1 Å². The molecule has 4 rings (SSSR count). The van der Waals surface area contributed by atoms with Crippen LogP contribution >= 0.6 is 11.3 Å². The minimum Gasteiger partial charge on any atom is -0.388 e. The van der Waals surface area contributed by atoms with Crippen molar-refractivity contribution in [2.75, 3.05) is 11.9 Å². The van der Waals surface area contributed by atoms with Crippen LogP contribution in [0.2, 0.25) is 0 Å². The van der Waals surface area contributed by atoms with E-state index in [4.69, 9.17) is 5.14 Å². The van der Waals surface area contributed by atoms with Gasteiger partial charge in [-0.1, -0.05) is 30.3 Å². The summed E-state index contributed by atoms with van der Waals surface area (Å²) in [7, 11) is -4.18. The monoisotopic (exact) mass is 505 g/mol. The van der Waals surface area contributed by atoms with Gasteiger partial charge in [-0.15, -0.1) is 11.3 Å². The number of anilines is 1. The maximum absolute atomic E-state index is 13.2. The van der Waals surface area contributed by atoms with Gasteiger partial charge in [0.05, 0.1) is 12.2 Å². The van der Waals surface area contributed by atoms with Crippen molar-refractivity contribution in [2.24, 2.45) is 11.1 Å². The van der Waals surface area contributed by atoms with Crippen LogP contribution in [0.25, 0.3) is 0 Å². The molecule has 0 saturated heterocycles. The maximum atomic E-state index is 13.2. The highest BCUT2D eigenvalue weighted by Crippen LogP contribution is 2.36. The van der Waals surface area contributed by atoms with E-state index in [0.29, 0.717) is 6.42 Å². The highest BCUT2D eigenvalue weighted by Gasteiger charge is 2.47. The molecular formula is C21H23N5O6S2. The zero-order valence-electron chi connectivity index (χ0n) is 17.9. The molecular weight excluding hydrogens is 482 g/mol. The minimum atomic E-state index is -4.18. The number of rotatable bonds is 9. The Labute approximate surface area is 199 Å². The molecule has 1 aliphatic rings. The number of benzene rings is 1. The van der Waals surface area contributed by atoms with Gasteiger partial charge in [0.1, 0.15) is 18.2 Å². The average molecular weight is 506 g/mol. The molecule has 11 nitrogen and oxygen atoms in total. The van der Waals surface area contributed by atoms with Gasteiger partial charge in [0.2, 0.25) is 5.78 Å². The Morgan fingerprint density at radius 3 is 2.76 bits per heavy atom. The van der Waals surface area contributed by atoms with Gasteiger partial charge in [-0.05, 0) is 18.4 Å². The molecule has 1 aromatic carbocycles. The number of aliphatic hydroxyl groups excluding tert-OH is 1. The van der Waals surface area contributed by atoms with Gasteiger partial charge < -0.3 is 15.5 Å². The van der Waals surface area contributed by atoms with Crippen molar-refractivity contribution in [3.05, 3.63) is 70.1 Å². The molecule has 2 heterocycles. The third-order valence-corrected chi connectivity index (χ3v) is 7.00. The molecule has 0 spiro atoms. The molecule has 0 unspecified atom stereocenters. The number of nitrogens with zero attached hydrogens (tertiary/aromatic N) is 3. The van der Waals surface area contributed by atoms with E-state index in [2.05, 4.69) is 24.5 Å². The first-order valence-corrected chi connectivity index (χ1v) is 12.6. The number of aromatic nitrogens is 3. The van der Waals surface area contributed by atoms with Gasteiger partial charge >= 0.3 is 10.3 Å². The van der Waals surface area contributed by atoms with E-state index in [1.165, 1.54) is 23.9 Å². The SMILES string of the molecule is NS(=O)(=O)OC[C@H]1CC[C@](O)(Nc2ncncc2C(=O)c2ncc(Cc3ccccc3)s2)[C@@H]1O. The van der Waals surface area contributed by atoms with Crippen LogP contribution in [0.4, 0.5) is 5.82 Å². The molecule has 3 aromatic rings. The number of ketones is 1. The Morgan fingerprint density at radius 1 is 1.26 bits per heavy atom. The molecule has 1 saturated carbocycles. The van der Waals surface area contributed by atoms with Crippen molar-refractivity contribution >= 4 is 33.2 Å². The van der Waals surface area contributed by atoms with Gasteiger partial charge in [-0.3, -0.25) is 8.98 Å². The number of carbonyl (C=O) groups excluding carboxylic acids is 1. The van der Waals surface area contributed by atoms with Crippen LogP contribution in [0.1, 0.15) is 38.6 Å². The summed E-state index contributed by atoms with van der Waals surface area (Å²) >= 11 is 1.25. The summed E-state index contributed by atoms with van der Waals surface area (Å²) < 4.78 is 26.6. The fraction of sp³-hybridized carbons (Fsp3) is 0.333. The normalized spacial score (nSPS) is 22.6. The molecule has 3 atom stereocenters. The molecule has 34 heavy (non-hydrogen) atoms. The number of carbonyl (C=O) groups is 1. The van der Waals surface area contributed by atoms with E-state index in [1.807, 2.05) is 30.3 Å². The summed E-state index contributed by atoms with van der Waals surface area (Å²) in [4.78, 5) is 26.3. The van der Waals surface area contributed by atoms with E-state index in [9.17, 15) is 23.4 Å². The summed E-state index contributed by atoms with van der Waals surface area (Å²) in [6.07, 6.45) is 3.70. The van der Waals surface area contributed by atoms with Crippen molar-refractivity contribution in [1.29, 1.82) is 0 Å². The Kier molecular flexibility index (Phi) is 7.02. The zero-order valence-corrected chi connectivity index (χ0v) is 19.5. The number of nitrogens with one attached hydrogen (secondary N) is 1. The van der Waals surface area contributed by atoms with Crippen LogP contribution in [-0.4, -0.2) is 57.8 Å². The molecule has 1 aliphatic carbocycles. The average Bonchev–Trinajstić information content (AvgIpc) is 3.37. The Balaban J connectivity index is 1.49. The summed E-state index contributed by atoms with van der Waals surface area (Å²) in [5.41, 5.74) is -0.696. The van der Waals surface area contributed by atoms with E-state index < -0.39 is 33.8 Å². The molecule has 0 aliphatic heterocycles. The third-order valence-electron chi connectivity index (χ3n) is 5.54. The summed E-state index contributed by atoms with van der Waals surface area (Å²) in [6.45, 7) is -0.386. The largest absolute Gasteiger partial charge is 0.388 e. The van der Waals surface area contributed by atoms with Gasteiger partial charge in [-0.25, -0.2) is 20.1 Å². The number of hydrogen-bond acceptors (Lipinski definition) is 11. The van der Waals surface area contributed by atoms with Crippen LogP contribution in [0, 0.1) is 5.92 Å². The number of thiazole rings is 1. The molecule has 2 aromatic heterocycles. The fourth-order valence-corrected chi connectivity index (χ4v) is 5.07. The first kappa shape index (κ1) is 24.3. The Hall–Kier alpha value is -2.81. The topological polar surface area (TPSA) is 178 Å². The van der Waals surface area contributed by atoms with Crippen molar-refractivity contribution in [2.45, 2.75) is 31.1 Å². The number of hydrogen-bond donors (Lipinski definition) is 4. The van der Waals surface area contributed by atoms with Crippen molar-refractivity contribution in [3.63, 3.8) is 0 Å². The van der Waals surface area contributed by atoms with Crippen LogP contribution < -0.4 is 10.5 Å². The van der Waals surface area contributed by atoms with Gasteiger partial charge in [0.15, 0.2) is 10.7 Å². The van der Waals surface area contributed by atoms with Crippen LogP contribution in [0.5, 0.6) is 0 Å². The predicted molar refractivity (Wildman–Crippen MR) is 123 cm³/mol. The van der Waals surface area contributed by atoms with Gasteiger partial charge in [0.25, 0.3) is 0 Å². The van der Waals surface area contributed by atoms with Gasteiger partial charge in [0, 0.05) is 29.6 Å². The summed E-state index contributed by atoms with van der Waals surface area (Å²) in [6, 6.07) is 9.79. The van der Waals surface area contributed by atoms with Crippen LogP contribution in [0.3, 0.4) is 0 Å². The third kappa shape index (κ3) is 5.63. The quantitative estimate of drug-likeness (QED) is 0.241. The molecule has 0 radical (unpaired) electrons. The van der Waals surface area contributed by atoms with Crippen LogP contribution in [-0.2, 0) is 20.9 Å². The molecule has 0 amide bonds. The highest BCUT2D eigenvalue weighted by atomic mass is 32.2. The second-order valence-corrected chi connectivity index (χ2v) is 10.3. The molecule has 180 valence electrons. The van der Waals surface area contributed by atoms with Crippen molar-refractivity contribution in [1.82, 2.24) is 15.0 Å². The van der Waals surface area contributed by atoms with Crippen molar-refractivity contribution in [3.8, 4) is 0 Å². The first-order chi connectivity index (χ1) is 16.1. The lowest BCUT2D eigenvalue weighted by molar-refractivity contribution is -0.0527. The smallest absolute Gasteiger partial charge is 0.333 e. The Morgan fingerprint density at radius 2 is 2.03 bits per heavy atom. The lowest BCUT2D eigenvalue weighted by atomic mass is 10.0. The number of aliphatic hydroxyl groups is 2. The highest BCUT2D eigenvalue weighted by molar-refractivity contribution is 7.84. The summed E-state index contributed by atoms with van der Waals surface area (Å²) in [5, 5.41) is 29.4. The first-order valence-electron chi connectivity index (χ1n) is 10.3. The molecule has 1 fully saturated rings. The molecule has 0 bridgehead atoms. The zero-order chi connectivity index (χ0) is 24.3. The lowest BCUT2D eigenvalue weighted by Crippen LogP contribution is -2.48. The molecule has 13 heteroatoms. The van der Waals surface area contributed by atoms with Crippen molar-refractivity contribution < 1.29 is 27.6 Å². The lowest BCUT2D eigenvalue weighted by Gasteiger charge is -2.30. The minimum absolute atomic E-state index is 0.0226. The fourth-order valence-electron chi connectivity index (χ4n) is 3.80. The second kappa shape index (κ2) is 9.82. The van der Waals surface area contributed by atoms with E-state index >= 15 is 0 Å². The standard InChI is InChI=1S/C21H23N5O6S2/c22-34(30,31)32-11-14-6-7-21(29,18(14)28)26-19-16(10-23-12-25-19)17(27)20-24-9-15(33-20)8-13-4-2-1-3-5-13/h1-5,9-10,12,14,18,28-29H,6-8,11H2,(H2,22,30,31)(H,23,25,26)/t14-,18-,21-/m1/s1. The molecule has 5 N–H and O–H groups in total. The van der Waals surface area contributed by atoms with E-state index in [1.54, 1.807) is 6.20 Å². The Bertz CT molecular complexity index is 1270. The van der Waals surface area contributed by atoms with E-state index in [-0.39, 0.29) is 35.8 Å². The predicted octanol–water partition coefficient (Wildman–Crippen LogP) is 0.846.